The topological polar surface area (TPSA) is 90.7 Å². The van der Waals surface area contributed by atoms with E-state index in [1.165, 1.54) is 13.2 Å². The summed E-state index contributed by atoms with van der Waals surface area (Å²) in [5.74, 6) is 0.257. The van der Waals surface area contributed by atoms with E-state index in [-0.39, 0.29) is 28.9 Å². The Bertz CT molecular complexity index is 664. The second-order valence-electron chi connectivity index (χ2n) is 5.36. The van der Waals surface area contributed by atoms with Crippen LogP contribution in [0.3, 0.4) is 0 Å². The Morgan fingerprint density at radius 3 is 2.76 bits per heavy atom. The fourth-order valence-corrected chi connectivity index (χ4v) is 4.73. The van der Waals surface area contributed by atoms with Gasteiger partial charge in [-0.1, -0.05) is 0 Å². The average molecular weight is 377 g/mol. The van der Waals surface area contributed by atoms with Crippen LogP contribution >= 0.6 is 15.9 Å². The first-order valence-electron chi connectivity index (χ1n) is 6.71. The highest BCUT2D eigenvalue weighted by Gasteiger charge is 2.42. The van der Waals surface area contributed by atoms with E-state index in [0.29, 0.717) is 10.2 Å². The van der Waals surface area contributed by atoms with E-state index in [4.69, 9.17) is 15.2 Å². The van der Waals surface area contributed by atoms with Crippen LogP contribution in [0.1, 0.15) is 19.3 Å². The third kappa shape index (κ3) is 2.77. The van der Waals surface area contributed by atoms with Crippen LogP contribution < -0.4 is 15.2 Å². The molecule has 1 aromatic carbocycles. The molecule has 0 amide bonds. The molecule has 3 N–H and O–H groups in total. The second-order valence-corrected chi connectivity index (χ2v) is 7.90. The van der Waals surface area contributed by atoms with Crippen LogP contribution in [-0.4, -0.2) is 33.8 Å². The lowest BCUT2D eigenvalue weighted by molar-refractivity contribution is 0.0996. The molecule has 0 aliphatic carbocycles. The van der Waals surface area contributed by atoms with Gasteiger partial charge in [-0.05, 0) is 47.3 Å². The van der Waals surface area contributed by atoms with Gasteiger partial charge in [-0.15, -0.1) is 0 Å². The van der Waals surface area contributed by atoms with Crippen LogP contribution in [-0.2, 0) is 14.8 Å². The van der Waals surface area contributed by atoms with Gasteiger partial charge in [0, 0.05) is 10.2 Å². The molecular weight excluding hydrogens is 360 g/mol. The zero-order valence-electron chi connectivity index (χ0n) is 11.5. The number of nitrogens with one attached hydrogen (secondary N) is 1. The molecule has 3 rings (SSSR count). The molecule has 2 heterocycles. The minimum absolute atomic E-state index is 0.0245. The van der Waals surface area contributed by atoms with Gasteiger partial charge < -0.3 is 15.2 Å². The number of hydrogen-bond acceptors (Lipinski definition) is 5. The minimum Gasteiger partial charge on any atom is -0.495 e. The van der Waals surface area contributed by atoms with Crippen LogP contribution in [0.15, 0.2) is 21.5 Å². The quantitative estimate of drug-likeness (QED) is 0.779. The number of nitrogens with two attached hydrogens (primary N) is 1. The van der Waals surface area contributed by atoms with E-state index in [1.54, 1.807) is 6.07 Å². The predicted octanol–water partition coefficient (Wildman–Crippen LogP) is 1.64. The zero-order valence-corrected chi connectivity index (χ0v) is 13.9. The van der Waals surface area contributed by atoms with Crippen molar-refractivity contribution in [3.63, 3.8) is 0 Å². The summed E-state index contributed by atoms with van der Waals surface area (Å²) in [6, 6.07) is 2.78. The van der Waals surface area contributed by atoms with Gasteiger partial charge in [0.25, 0.3) is 0 Å². The number of methoxy groups -OCH3 is 1. The summed E-state index contributed by atoms with van der Waals surface area (Å²) in [5.41, 5.74) is 6.14. The number of anilines is 1. The summed E-state index contributed by atoms with van der Waals surface area (Å²) in [5, 5.41) is 0. The summed E-state index contributed by atoms with van der Waals surface area (Å²) >= 11 is 3.26. The number of nitrogen functional groups attached to an aromatic ring is 1. The lowest BCUT2D eigenvalue weighted by Crippen LogP contribution is -2.41. The highest BCUT2D eigenvalue weighted by Crippen LogP contribution is 2.37. The highest BCUT2D eigenvalue weighted by atomic mass is 79.9. The van der Waals surface area contributed by atoms with Gasteiger partial charge in [0.2, 0.25) is 10.0 Å². The van der Waals surface area contributed by atoms with Crippen molar-refractivity contribution >= 4 is 31.6 Å². The zero-order chi connectivity index (χ0) is 15.2. The Kier molecular flexibility index (Phi) is 3.89. The van der Waals surface area contributed by atoms with Crippen LogP contribution in [0.2, 0.25) is 0 Å². The Morgan fingerprint density at radius 1 is 1.43 bits per heavy atom. The Hall–Kier alpha value is -0.830. The normalized spacial score (nSPS) is 28.0. The maximum Gasteiger partial charge on any atom is 0.244 e. The standard InChI is InChI=1S/C13H17BrN2O4S/c1-19-12-5-8(14)9(15)6-13(12)21(17,18)16-10-4-7-2-3-11(10)20-7/h5-7,10-11,16H,2-4,15H2,1H3. The predicted molar refractivity (Wildman–Crippen MR) is 81.7 cm³/mol. The third-order valence-electron chi connectivity index (χ3n) is 3.99. The summed E-state index contributed by atoms with van der Waals surface area (Å²) in [6.45, 7) is 0. The molecule has 2 bridgehead atoms. The van der Waals surface area contributed by atoms with Crippen LogP contribution in [0.5, 0.6) is 5.75 Å². The summed E-state index contributed by atoms with van der Waals surface area (Å²) < 4.78 is 39.3. The van der Waals surface area contributed by atoms with Gasteiger partial charge in [-0.3, -0.25) is 0 Å². The van der Waals surface area contributed by atoms with Crippen LogP contribution in [0, 0.1) is 0 Å². The maximum absolute atomic E-state index is 12.6. The van der Waals surface area contributed by atoms with Crippen LogP contribution in [0.4, 0.5) is 5.69 Å². The minimum atomic E-state index is -3.70. The molecule has 2 fully saturated rings. The average Bonchev–Trinajstić information content (AvgIpc) is 3.03. The molecule has 0 radical (unpaired) electrons. The number of fused-ring (bicyclic) bond motifs is 2. The molecule has 2 saturated heterocycles. The molecule has 3 unspecified atom stereocenters. The fraction of sp³-hybridized carbons (Fsp3) is 0.538. The van der Waals surface area contributed by atoms with Crippen molar-refractivity contribution in [2.75, 3.05) is 12.8 Å². The van der Waals surface area contributed by atoms with Crippen LogP contribution in [0.25, 0.3) is 0 Å². The molecule has 0 spiro atoms. The fourth-order valence-electron chi connectivity index (χ4n) is 2.95. The van der Waals surface area contributed by atoms with E-state index in [1.807, 2.05) is 0 Å². The van der Waals surface area contributed by atoms with Gasteiger partial charge in [-0.2, -0.15) is 0 Å². The third-order valence-corrected chi connectivity index (χ3v) is 6.18. The van der Waals surface area contributed by atoms with E-state index in [9.17, 15) is 8.42 Å². The molecule has 3 atom stereocenters. The molecule has 116 valence electrons. The summed E-state index contributed by atoms with van der Waals surface area (Å²) in [6.07, 6.45) is 2.79. The van der Waals surface area contributed by atoms with Crippen molar-refractivity contribution in [1.29, 1.82) is 0 Å². The van der Waals surface area contributed by atoms with E-state index < -0.39 is 10.0 Å². The lowest BCUT2D eigenvalue weighted by Gasteiger charge is -2.21. The smallest absolute Gasteiger partial charge is 0.244 e. The number of halogens is 1. The first-order chi connectivity index (χ1) is 9.90. The maximum atomic E-state index is 12.6. The van der Waals surface area contributed by atoms with Crippen molar-refractivity contribution in [2.45, 2.75) is 42.4 Å². The molecule has 1 aromatic rings. The van der Waals surface area contributed by atoms with Crippen molar-refractivity contribution in [1.82, 2.24) is 4.72 Å². The molecule has 8 heteroatoms. The van der Waals surface area contributed by atoms with Crippen molar-refractivity contribution < 1.29 is 17.9 Å². The van der Waals surface area contributed by atoms with Crippen molar-refractivity contribution in [3.05, 3.63) is 16.6 Å². The Labute approximate surface area is 132 Å². The summed E-state index contributed by atoms with van der Waals surface area (Å²) in [7, 11) is -2.28. The lowest BCUT2D eigenvalue weighted by atomic mass is 9.96. The number of benzene rings is 1. The first kappa shape index (κ1) is 15.1. The molecule has 2 aliphatic rings. The Morgan fingerprint density at radius 2 is 2.19 bits per heavy atom. The molecule has 21 heavy (non-hydrogen) atoms. The van der Waals surface area contributed by atoms with Gasteiger partial charge in [0.15, 0.2) is 0 Å². The molecule has 0 aromatic heterocycles. The second kappa shape index (κ2) is 5.42. The molecule has 6 nitrogen and oxygen atoms in total. The highest BCUT2D eigenvalue weighted by molar-refractivity contribution is 9.10. The van der Waals surface area contributed by atoms with Crippen molar-refractivity contribution in [2.24, 2.45) is 0 Å². The number of ether oxygens (including phenoxy) is 2. The number of rotatable bonds is 4. The van der Waals surface area contributed by atoms with Gasteiger partial charge in [-0.25, -0.2) is 13.1 Å². The number of sulfonamides is 1. The first-order valence-corrected chi connectivity index (χ1v) is 8.99. The molecular formula is C13H17BrN2O4S. The van der Waals surface area contributed by atoms with Gasteiger partial charge >= 0.3 is 0 Å². The summed E-state index contributed by atoms with van der Waals surface area (Å²) in [4.78, 5) is 0.0495. The van der Waals surface area contributed by atoms with E-state index in [0.717, 1.165) is 19.3 Å². The van der Waals surface area contributed by atoms with Crippen molar-refractivity contribution in [3.8, 4) is 5.75 Å². The van der Waals surface area contributed by atoms with Gasteiger partial charge in [0.05, 0.1) is 25.4 Å². The number of hydrogen-bond donors (Lipinski definition) is 2. The van der Waals surface area contributed by atoms with E-state index in [2.05, 4.69) is 20.7 Å². The molecule has 0 saturated carbocycles. The van der Waals surface area contributed by atoms with E-state index >= 15 is 0 Å². The monoisotopic (exact) mass is 376 g/mol. The van der Waals surface area contributed by atoms with Gasteiger partial charge in [0.1, 0.15) is 10.6 Å². The Balaban J connectivity index is 1.89. The SMILES string of the molecule is COc1cc(Br)c(N)cc1S(=O)(=O)NC1CC2CCC1O2. The largest absolute Gasteiger partial charge is 0.495 e. The molecule has 2 aliphatic heterocycles.